The average molecular weight is 214 g/mol. The molecule has 0 aromatic heterocycles. The van der Waals surface area contributed by atoms with Crippen LogP contribution in [0, 0.1) is 5.92 Å². The molecule has 0 aromatic rings. The van der Waals surface area contributed by atoms with Crippen LogP contribution in [0.2, 0.25) is 0 Å². The number of rotatable bonds is 8. The zero-order valence-corrected chi connectivity index (χ0v) is 10.0. The number of ether oxygens (including phenoxy) is 1. The lowest BCUT2D eigenvalue weighted by molar-refractivity contribution is -0.143. The van der Waals surface area contributed by atoms with Crippen molar-refractivity contribution in [2.45, 2.75) is 52.9 Å². The molecule has 0 saturated heterocycles. The molecule has 0 rings (SSSR count). The van der Waals surface area contributed by atoms with Gasteiger partial charge in [0, 0.05) is 19.3 Å². The Labute approximate surface area is 92.2 Å². The molecule has 3 nitrogen and oxygen atoms in total. The highest BCUT2D eigenvalue weighted by Crippen LogP contribution is 2.08. The lowest BCUT2D eigenvalue weighted by atomic mass is 10.0. The Kier molecular flexibility index (Phi) is 7.96. The number of unbranched alkanes of at least 4 members (excludes halogenated alkanes) is 3. The normalized spacial score (nSPS) is 12.2. The van der Waals surface area contributed by atoms with Gasteiger partial charge in [-0.2, -0.15) is 0 Å². The fourth-order valence-electron chi connectivity index (χ4n) is 1.31. The summed E-state index contributed by atoms with van der Waals surface area (Å²) in [6, 6.07) is 0. The SMILES string of the molecule is CCCCCCC(=O)C(C)COC(C)=O. The second-order valence-corrected chi connectivity index (χ2v) is 3.98. The topological polar surface area (TPSA) is 43.4 Å². The highest BCUT2D eigenvalue weighted by molar-refractivity contribution is 5.81. The molecule has 15 heavy (non-hydrogen) atoms. The van der Waals surface area contributed by atoms with Gasteiger partial charge in [-0.15, -0.1) is 0 Å². The number of hydrogen-bond acceptors (Lipinski definition) is 3. The van der Waals surface area contributed by atoms with E-state index in [0.29, 0.717) is 6.42 Å². The Bertz CT molecular complexity index is 199. The van der Waals surface area contributed by atoms with E-state index in [-0.39, 0.29) is 24.3 Å². The van der Waals surface area contributed by atoms with E-state index < -0.39 is 0 Å². The van der Waals surface area contributed by atoms with Crippen LogP contribution in [0.15, 0.2) is 0 Å². The minimum Gasteiger partial charge on any atom is -0.465 e. The van der Waals surface area contributed by atoms with E-state index >= 15 is 0 Å². The fourth-order valence-corrected chi connectivity index (χ4v) is 1.31. The van der Waals surface area contributed by atoms with Gasteiger partial charge in [-0.05, 0) is 6.42 Å². The molecule has 0 fully saturated rings. The van der Waals surface area contributed by atoms with E-state index in [4.69, 9.17) is 4.74 Å². The van der Waals surface area contributed by atoms with Gasteiger partial charge in [0.1, 0.15) is 12.4 Å². The third kappa shape index (κ3) is 8.16. The van der Waals surface area contributed by atoms with Crippen molar-refractivity contribution in [3.63, 3.8) is 0 Å². The summed E-state index contributed by atoms with van der Waals surface area (Å²) in [5.41, 5.74) is 0. The lowest BCUT2D eigenvalue weighted by Gasteiger charge is -2.09. The number of carbonyl (C=O) groups is 2. The van der Waals surface area contributed by atoms with Crippen LogP contribution in [-0.2, 0) is 14.3 Å². The summed E-state index contributed by atoms with van der Waals surface area (Å²) >= 11 is 0. The smallest absolute Gasteiger partial charge is 0.302 e. The van der Waals surface area contributed by atoms with E-state index in [0.717, 1.165) is 12.8 Å². The van der Waals surface area contributed by atoms with Crippen LogP contribution in [0.5, 0.6) is 0 Å². The molecular formula is C12H22O3. The zero-order valence-electron chi connectivity index (χ0n) is 10.0. The van der Waals surface area contributed by atoms with Crippen molar-refractivity contribution >= 4 is 11.8 Å². The van der Waals surface area contributed by atoms with E-state index in [2.05, 4.69) is 6.92 Å². The summed E-state index contributed by atoms with van der Waals surface area (Å²) in [7, 11) is 0. The first-order valence-corrected chi connectivity index (χ1v) is 5.74. The van der Waals surface area contributed by atoms with Crippen LogP contribution < -0.4 is 0 Å². The van der Waals surface area contributed by atoms with E-state index in [1.165, 1.54) is 19.8 Å². The van der Waals surface area contributed by atoms with Gasteiger partial charge in [0.05, 0.1) is 0 Å². The Morgan fingerprint density at radius 2 is 1.87 bits per heavy atom. The number of Topliss-reactive ketones (excluding diaryl/α,β-unsaturated/α-hetero) is 1. The molecule has 1 unspecified atom stereocenters. The second kappa shape index (κ2) is 8.45. The van der Waals surface area contributed by atoms with Gasteiger partial charge >= 0.3 is 5.97 Å². The molecule has 0 aliphatic rings. The number of esters is 1. The average Bonchev–Trinajstić information content (AvgIpc) is 2.20. The molecule has 0 amide bonds. The maximum atomic E-state index is 11.5. The van der Waals surface area contributed by atoms with Crippen molar-refractivity contribution in [1.29, 1.82) is 0 Å². The van der Waals surface area contributed by atoms with Crippen LogP contribution in [0.1, 0.15) is 52.9 Å². The molecule has 0 spiro atoms. The zero-order chi connectivity index (χ0) is 11.7. The standard InChI is InChI=1S/C12H22O3/c1-4-5-6-7-8-12(14)10(2)9-15-11(3)13/h10H,4-9H2,1-3H3. The van der Waals surface area contributed by atoms with Gasteiger partial charge in [0.15, 0.2) is 0 Å². The second-order valence-electron chi connectivity index (χ2n) is 3.98. The predicted molar refractivity (Wildman–Crippen MR) is 59.6 cm³/mol. The molecule has 0 bridgehead atoms. The summed E-state index contributed by atoms with van der Waals surface area (Å²) in [5.74, 6) is -0.275. The minimum absolute atomic E-state index is 0.157. The van der Waals surface area contributed by atoms with Crippen LogP contribution in [0.3, 0.4) is 0 Å². The van der Waals surface area contributed by atoms with Crippen molar-refractivity contribution in [3.8, 4) is 0 Å². The van der Waals surface area contributed by atoms with Crippen LogP contribution in [0.25, 0.3) is 0 Å². The van der Waals surface area contributed by atoms with E-state index in [9.17, 15) is 9.59 Å². The number of ketones is 1. The van der Waals surface area contributed by atoms with E-state index in [1.54, 1.807) is 0 Å². The molecule has 0 aromatic carbocycles. The predicted octanol–water partition coefficient (Wildman–Crippen LogP) is 2.73. The first-order valence-electron chi connectivity index (χ1n) is 5.74. The first-order chi connectivity index (χ1) is 7.07. The Hall–Kier alpha value is -0.860. The van der Waals surface area contributed by atoms with Crippen LogP contribution in [0.4, 0.5) is 0 Å². The van der Waals surface area contributed by atoms with Gasteiger partial charge < -0.3 is 4.74 Å². The number of carbonyl (C=O) groups excluding carboxylic acids is 2. The van der Waals surface area contributed by atoms with Gasteiger partial charge in [0.25, 0.3) is 0 Å². The third-order valence-corrected chi connectivity index (χ3v) is 2.36. The fraction of sp³-hybridized carbons (Fsp3) is 0.833. The van der Waals surface area contributed by atoms with Crippen molar-refractivity contribution in [2.75, 3.05) is 6.61 Å². The maximum absolute atomic E-state index is 11.5. The molecule has 0 N–H and O–H groups in total. The summed E-state index contributed by atoms with van der Waals surface area (Å²) in [6.07, 6.45) is 5.05. The largest absolute Gasteiger partial charge is 0.465 e. The Morgan fingerprint density at radius 1 is 1.20 bits per heavy atom. The first kappa shape index (κ1) is 14.1. The lowest BCUT2D eigenvalue weighted by Crippen LogP contribution is -2.18. The molecule has 0 saturated carbocycles. The van der Waals surface area contributed by atoms with Crippen LogP contribution in [-0.4, -0.2) is 18.4 Å². The molecule has 3 heteroatoms. The van der Waals surface area contributed by atoms with Crippen molar-refractivity contribution < 1.29 is 14.3 Å². The Balaban J connectivity index is 3.55. The van der Waals surface area contributed by atoms with Gasteiger partial charge in [-0.1, -0.05) is 33.1 Å². The molecule has 0 radical (unpaired) electrons. The third-order valence-electron chi connectivity index (χ3n) is 2.36. The molecule has 1 atom stereocenters. The van der Waals surface area contributed by atoms with E-state index in [1.807, 2.05) is 6.92 Å². The number of hydrogen-bond donors (Lipinski definition) is 0. The monoisotopic (exact) mass is 214 g/mol. The van der Waals surface area contributed by atoms with Gasteiger partial charge in [-0.3, -0.25) is 9.59 Å². The molecular weight excluding hydrogens is 192 g/mol. The minimum atomic E-state index is -0.319. The Morgan fingerprint density at radius 3 is 2.40 bits per heavy atom. The summed E-state index contributed by atoms with van der Waals surface area (Å²) < 4.78 is 4.79. The molecule has 0 aliphatic heterocycles. The van der Waals surface area contributed by atoms with Gasteiger partial charge in [-0.25, -0.2) is 0 Å². The van der Waals surface area contributed by atoms with Crippen molar-refractivity contribution in [3.05, 3.63) is 0 Å². The van der Waals surface area contributed by atoms with Gasteiger partial charge in [0.2, 0.25) is 0 Å². The quantitative estimate of drug-likeness (QED) is 0.461. The summed E-state index contributed by atoms with van der Waals surface area (Å²) in [4.78, 5) is 22.1. The summed E-state index contributed by atoms with van der Waals surface area (Å²) in [5, 5.41) is 0. The molecule has 0 aliphatic carbocycles. The van der Waals surface area contributed by atoms with Crippen LogP contribution >= 0.6 is 0 Å². The highest BCUT2D eigenvalue weighted by Gasteiger charge is 2.13. The molecule has 88 valence electrons. The maximum Gasteiger partial charge on any atom is 0.302 e. The molecule has 0 heterocycles. The van der Waals surface area contributed by atoms with Crippen molar-refractivity contribution in [1.82, 2.24) is 0 Å². The highest BCUT2D eigenvalue weighted by atomic mass is 16.5. The summed E-state index contributed by atoms with van der Waals surface area (Å²) in [6.45, 7) is 5.54. The van der Waals surface area contributed by atoms with Crippen molar-refractivity contribution in [2.24, 2.45) is 5.92 Å².